The highest BCUT2D eigenvalue weighted by molar-refractivity contribution is 5.98. The maximum atomic E-state index is 12.1. The van der Waals surface area contributed by atoms with Crippen LogP contribution in [0.5, 0.6) is 0 Å². The van der Waals surface area contributed by atoms with E-state index >= 15 is 0 Å². The Morgan fingerprint density at radius 2 is 2.25 bits per heavy atom. The molecule has 2 heterocycles. The van der Waals surface area contributed by atoms with Gasteiger partial charge < -0.3 is 15.2 Å². The first-order valence-corrected chi connectivity index (χ1v) is 5.27. The SMILES string of the molecule is CC1(C)C(=O)NCCN1C(=O)c1ccc[nH]1. The summed E-state index contributed by atoms with van der Waals surface area (Å²) in [6.07, 6.45) is 1.70. The maximum absolute atomic E-state index is 12.1. The summed E-state index contributed by atoms with van der Waals surface area (Å²) >= 11 is 0. The lowest BCUT2D eigenvalue weighted by atomic mass is 9.98. The minimum atomic E-state index is -0.791. The maximum Gasteiger partial charge on any atom is 0.271 e. The average molecular weight is 221 g/mol. The standard InChI is InChI=1S/C11H15N3O2/c1-11(2)10(16)13-6-7-14(11)9(15)8-4-3-5-12-8/h3-5,12H,6-7H2,1-2H3,(H,13,16). The molecule has 0 aromatic carbocycles. The predicted molar refractivity (Wildman–Crippen MR) is 58.9 cm³/mol. The van der Waals surface area contributed by atoms with E-state index in [0.29, 0.717) is 18.8 Å². The van der Waals surface area contributed by atoms with E-state index in [9.17, 15) is 9.59 Å². The average Bonchev–Trinajstić information content (AvgIpc) is 2.74. The van der Waals surface area contributed by atoms with E-state index < -0.39 is 5.54 Å². The van der Waals surface area contributed by atoms with Crippen LogP contribution in [0.15, 0.2) is 18.3 Å². The van der Waals surface area contributed by atoms with Crippen molar-refractivity contribution < 1.29 is 9.59 Å². The third kappa shape index (κ3) is 1.58. The Morgan fingerprint density at radius 1 is 1.50 bits per heavy atom. The second kappa shape index (κ2) is 3.66. The number of aromatic nitrogens is 1. The lowest BCUT2D eigenvalue weighted by molar-refractivity contribution is -0.133. The van der Waals surface area contributed by atoms with Crippen molar-refractivity contribution >= 4 is 11.8 Å². The highest BCUT2D eigenvalue weighted by Crippen LogP contribution is 2.19. The van der Waals surface area contributed by atoms with Crippen molar-refractivity contribution in [2.45, 2.75) is 19.4 Å². The first-order chi connectivity index (χ1) is 7.53. The van der Waals surface area contributed by atoms with Crippen LogP contribution in [0, 0.1) is 0 Å². The molecule has 1 aromatic heterocycles. The van der Waals surface area contributed by atoms with Gasteiger partial charge in [-0.25, -0.2) is 0 Å². The van der Waals surface area contributed by atoms with Crippen LogP contribution in [0.25, 0.3) is 0 Å². The number of aromatic amines is 1. The summed E-state index contributed by atoms with van der Waals surface area (Å²) in [5.41, 5.74) is -0.275. The van der Waals surface area contributed by atoms with Gasteiger partial charge in [0.1, 0.15) is 11.2 Å². The second-order valence-corrected chi connectivity index (χ2v) is 4.36. The molecule has 2 rings (SSSR count). The van der Waals surface area contributed by atoms with Gasteiger partial charge in [-0.1, -0.05) is 0 Å². The van der Waals surface area contributed by atoms with E-state index in [1.54, 1.807) is 37.1 Å². The van der Waals surface area contributed by atoms with Crippen LogP contribution in [0.3, 0.4) is 0 Å². The van der Waals surface area contributed by atoms with Crippen LogP contribution in [0.4, 0.5) is 0 Å². The molecule has 2 N–H and O–H groups in total. The van der Waals surface area contributed by atoms with Gasteiger partial charge in [-0.2, -0.15) is 0 Å². The lowest BCUT2D eigenvalue weighted by Crippen LogP contribution is -2.63. The second-order valence-electron chi connectivity index (χ2n) is 4.36. The van der Waals surface area contributed by atoms with Crippen molar-refractivity contribution in [2.75, 3.05) is 13.1 Å². The molecule has 1 saturated heterocycles. The molecule has 2 amide bonds. The van der Waals surface area contributed by atoms with Gasteiger partial charge in [0, 0.05) is 19.3 Å². The Kier molecular flexibility index (Phi) is 2.46. The van der Waals surface area contributed by atoms with Gasteiger partial charge in [0.15, 0.2) is 0 Å². The summed E-state index contributed by atoms with van der Waals surface area (Å²) in [5, 5.41) is 2.76. The van der Waals surface area contributed by atoms with Gasteiger partial charge in [-0.05, 0) is 26.0 Å². The molecule has 0 unspecified atom stereocenters. The molecule has 1 aliphatic heterocycles. The molecular formula is C11H15N3O2. The number of H-pyrrole nitrogens is 1. The number of amides is 2. The molecule has 0 saturated carbocycles. The zero-order valence-electron chi connectivity index (χ0n) is 9.41. The number of hydrogen-bond donors (Lipinski definition) is 2. The van der Waals surface area contributed by atoms with Crippen molar-refractivity contribution in [2.24, 2.45) is 0 Å². The Balaban J connectivity index is 2.26. The lowest BCUT2D eigenvalue weighted by Gasteiger charge is -2.40. The Labute approximate surface area is 93.8 Å². The minimum Gasteiger partial charge on any atom is -0.357 e. The van der Waals surface area contributed by atoms with Crippen LogP contribution < -0.4 is 5.32 Å². The largest absolute Gasteiger partial charge is 0.357 e. The summed E-state index contributed by atoms with van der Waals surface area (Å²) in [4.78, 5) is 28.3. The first kappa shape index (κ1) is 10.7. The fourth-order valence-corrected chi connectivity index (χ4v) is 1.86. The molecule has 0 spiro atoms. The predicted octanol–water partition coefficient (Wildman–Crippen LogP) is 0.365. The minimum absolute atomic E-state index is 0.112. The third-order valence-corrected chi connectivity index (χ3v) is 2.92. The number of hydrogen-bond acceptors (Lipinski definition) is 2. The van der Waals surface area contributed by atoms with Gasteiger partial charge in [0.25, 0.3) is 5.91 Å². The highest BCUT2D eigenvalue weighted by atomic mass is 16.2. The number of nitrogens with one attached hydrogen (secondary N) is 2. The fourth-order valence-electron chi connectivity index (χ4n) is 1.86. The van der Waals surface area contributed by atoms with Crippen molar-refractivity contribution in [3.05, 3.63) is 24.0 Å². The molecule has 16 heavy (non-hydrogen) atoms. The number of carbonyl (C=O) groups is 2. The van der Waals surface area contributed by atoms with Crippen LogP contribution in [-0.2, 0) is 4.79 Å². The van der Waals surface area contributed by atoms with E-state index in [2.05, 4.69) is 10.3 Å². The van der Waals surface area contributed by atoms with Gasteiger partial charge in [0.2, 0.25) is 5.91 Å². The van der Waals surface area contributed by atoms with Gasteiger partial charge in [-0.3, -0.25) is 9.59 Å². The summed E-state index contributed by atoms with van der Waals surface area (Å²) in [5.74, 6) is -0.247. The molecule has 86 valence electrons. The fraction of sp³-hybridized carbons (Fsp3) is 0.455. The zero-order chi connectivity index (χ0) is 11.8. The quantitative estimate of drug-likeness (QED) is 0.719. The summed E-state index contributed by atoms with van der Waals surface area (Å²) in [6, 6.07) is 3.48. The molecule has 0 radical (unpaired) electrons. The summed E-state index contributed by atoms with van der Waals surface area (Å²) < 4.78 is 0. The van der Waals surface area contributed by atoms with Gasteiger partial charge in [0.05, 0.1) is 0 Å². The molecule has 5 nitrogen and oxygen atoms in total. The van der Waals surface area contributed by atoms with Crippen molar-refractivity contribution in [3.63, 3.8) is 0 Å². The third-order valence-electron chi connectivity index (χ3n) is 2.92. The van der Waals surface area contributed by atoms with Crippen LogP contribution in [-0.4, -0.2) is 40.3 Å². The Morgan fingerprint density at radius 3 is 2.88 bits per heavy atom. The van der Waals surface area contributed by atoms with Crippen molar-refractivity contribution in [3.8, 4) is 0 Å². The molecule has 1 aromatic rings. The Hall–Kier alpha value is -1.78. The summed E-state index contributed by atoms with van der Waals surface area (Å²) in [6.45, 7) is 4.55. The van der Waals surface area contributed by atoms with E-state index in [1.165, 1.54) is 0 Å². The first-order valence-electron chi connectivity index (χ1n) is 5.27. The van der Waals surface area contributed by atoms with E-state index in [0.717, 1.165) is 0 Å². The summed E-state index contributed by atoms with van der Waals surface area (Å²) in [7, 11) is 0. The highest BCUT2D eigenvalue weighted by Gasteiger charge is 2.40. The molecule has 0 bridgehead atoms. The smallest absolute Gasteiger partial charge is 0.271 e. The molecule has 0 atom stereocenters. The molecular weight excluding hydrogens is 206 g/mol. The molecule has 1 fully saturated rings. The van der Waals surface area contributed by atoms with Crippen LogP contribution >= 0.6 is 0 Å². The van der Waals surface area contributed by atoms with Crippen LogP contribution in [0.2, 0.25) is 0 Å². The molecule has 5 heteroatoms. The van der Waals surface area contributed by atoms with Gasteiger partial charge in [-0.15, -0.1) is 0 Å². The topological polar surface area (TPSA) is 65.2 Å². The number of piperazine rings is 1. The number of carbonyl (C=O) groups excluding carboxylic acids is 2. The van der Waals surface area contributed by atoms with Gasteiger partial charge >= 0.3 is 0 Å². The van der Waals surface area contributed by atoms with E-state index in [1.807, 2.05) is 0 Å². The Bertz CT molecular complexity index is 409. The zero-order valence-corrected chi connectivity index (χ0v) is 9.41. The normalized spacial score (nSPS) is 19.4. The van der Waals surface area contributed by atoms with E-state index in [4.69, 9.17) is 0 Å². The van der Waals surface area contributed by atoms with Crippen LogP contribution in [0.1, 0.15) is 24.3 Å². The monoisotopic (exact) mass is 221 g/mol. The molecule has 0 aliphatic carbocycles. The van der Waals surface area contributed by atoms with Crippen molar-refractivity contribution in [1.29, 1.82) is 0 Å². The van der Waals surface area contributed by atoms with Crippen molar-refractivity contribution in [1.82, 2.24) is 15.2 Å². The molecule has 1 aliphatic rings. The number of nitrogens with zero attached hydrogens (tertiary/aromatic N) is 1. The van der Waals surface area contributed by atoms with E-state index in [-0.39, 0.29) is 11.8 Å². The number of rotatable bonds is 1.